The van der Waals surface area contributed by atoms with Crippen LogP contribution in [0.1, 0.15) is 47.6 Å². The Hall–Kier alpha value is -2.95. The van der Waals surface area contributed by atoms with Gasteiger partial charge in [-0.25, -0.2) is 4.98 Å². The topological polar surface area (TPSA) is 74.8 Å². The number of carbonyl (C=O) groups is 2. The smallest absolute Gasteiger partial charge is 0.222 e. The Labute approximate surface area is 141 Å². The Morgan fingerprint density at radius 3 is 2.83 bits per heavy atom. The van der Waals surface area contributed by atoms with E-state index >= 15 is 0 Å². The molecular formula is C19H21N3O2. The van der Waals surface area contributed by atoms with Gasteiger partial charge in [-0.3, -0.25) is 9.59 Å². The fourth-order valence-electron chi connectivity index (χ4n) is 2.29. The van der Waals surface area contributed by atoms with Gasteiger partial charge in [0.1, 0.15) is 17.9 Å². The number of aldehydes is 1. The number of aryl methyl sites for hydroxylation is 1. The van der Waals surface area contributed by atoms with Crippen molar-refractivity contribution in [2.45, 2.75) is 27.2 Å². The molecule has 0 atom stereocenters. The molecule has 1 heterocycles. The SMILES string of the molecule is CC/C=C(/C=C\c1ncc(NC(C)=O)[nH]1)c1ccc(C)c(C=O)c1. The molecule has 0 radical (unpaired) electrons. The van der Waals surface area contributed by atoms with Gasteiger partial charge in [0.15, 0.2) is 0 Å². The summed E-state index contributed by atoms with van der Waals surface area (Å²) >= 11 is 0. The number of H-pyrrole nitrogens is 1. The van der Waals surface area contributed by atoms with Crippen LogP contribution in [0.5, 0.6) is 0 Å². The molecule has 24 heavy (non-hydrogen) atoms. The number of aromatic nitrogens is 2. The molecule has 0 aliphatic rings. The molecule has 5 nitrogen and oxygen atoms in total. The number of imidazole rings is 1. The fourth-order valence-corrected chi connectivity index (χ4v) is 2.29. The van der Waals surface area contributed by atoms with Gasteiger partial charge in [-0.1, -0.05) is 31.2 Å². The van der Waals surface area contributed by atoms with Crippen molar-refractivity contribution in [3.8, 4) is 0 Å². The molecule has 0 spiro atoms. The van der Waals surface area contributed by atoms with Crippen molar-refractivity contribution in [2.75, 3.05) is 5.32 Å². The van der Waals surface area contributed by atoms with E-state index in [-0.39, 0.29) is 5.91 Å². The van der Waals surface area contributed by atoms with E-state index in [1.165, 1.54) is 6.92 Å². The van der Waals surface area contributed by atoms with Crippen LogP contribution in [0.3, 0.4) is 0 Å². The van der Waals surface area contributed by atoms with E-state index in [1.807, 2.05) is 37.3 Å². The maximum Gasteiger partial charge on any atom is 0.222 e. The van der Waals surface area contributed by atoms with Crippen molar-refractivity contribution in [3.63, 3.8) is 0 Å². The van der Waals surface area contributed by atoms with Crippen LogP contribution in [0.15, 0.2) is 36.5 Å². The highest BCUT2D eigenvalue weighted by atomic mass is 16.1. The largest absolute Gasteiger partial charge is 0.325 e. The van der Waals surface area contributed by atoms with Crippen LogP contribution in [-0.4, -0.2) is 22.2 Å². The molecule has 1 amide bonds. The van der Waals surface area contributed by atoms with Gasteiger partial charge in [-0.2, -0.15) is 0 Å². The summed E-state index contributed by atoms with van der Waals surface area (Å²) in [6.07, 6.45) is 9.19. The molecule has 0 aliphatic heterocycles. The molecule has 124 valence electrons. The lowest BCUT2D eigenvalue weighted by molar-refractivity contribution is -0.114. The zero-order chi connectivity index (χ0) is 17.5. The number of amides is 1. The highest BCUT2D eigenvalue weighted by molar-refractivity contribution is 5.87. The Bertz CT molecular complexity index is 801. The molecule has 0 fully saturated rings. The van der Waals surface area contributed by atoms with Crippen LogP contribution in [0.2, 0.25) is 0 Å². The van der Waals surface area contributed by atoms with E-state index in [9.17, 15) is 9.59 Å². The summed E-state index contributed by atoms with van der Waals surface area (Å²) in [5.74, 6) is 1.05. The van der Waals surface area contributed by atoms with E-state index in [1.54, 1.807) is 6.20 Å². The minimum absolute atomic E-state index is 0.151. The first-order chi connectivity index (χ1) is 11.5. The number of hydrogen-bond donors (Lipinski definition) is 2. The first kappa shape index (κ1) is 17.4. The van der Waals surface area contributed by atoms with E-state index in [4.69, 9.17) is 0 Å². The maximum absolute atomic E-state index is 11.1. The second-order valence-corrected chi connectivity index (χ2v) is 5.45. The van der Waals surface area contributed by atoms with E-state index in [0.717, 1.165) is 29.4 Å². The summed E-state index contributed by atoms with van der Waals surface area (Å²) in [6.45, 7) is 5.42. The van der Waals surface area contributed by atoms with Crippen LogP contribution in [-0.2, 0) is 4.79 Å². The molecule has 0 saturated carbocycles. The Morgan fingerprint density at radius 2 is 2.17 bits per heavy atom. The normalized spacial score (nSPS) is 11.7. The molecular weight excluding hydrogens is 302 g/mol. The Kier molecular flexibility index (Phi) is 5.84. The molecule has 1 aromatic carbocycles. The van der Waals surface area contributed by atoms with Gasteiger partial charge < -0.3 is 10.3 Å². The third kappa shape index (κ3) is 4.52. The van der Waals surface area contributed by atoms with Crippen molar-refractivity contribution >= 4 is 29.7 Å². The van der Waals surface area contributed by atoms with Gasteiger partial charge >= 0.3 is 0 Å². The summed E-state index contributed by atoms with van der Waals surface area (Å²) in [5, 5.41) is 2.65. The lowest BCUT2D eigenvalue weighted by atomic mass is 9.99. The quantitative estimate of drug-likeness (QED) is 0.623. The lowest BCUT2D eigenvalue weighted by Gasteiger charge is -2.06. The first-order valence-electron chi connectivity index (χ1n) is 7.80. The molecule has 0 bridgehead atoms. The predicted molar refractivity (Wildman–Crippen MR) is 96.8 cm³/mol. The number of nitrogens with zero attached hydrogens (tertiary/aromatic N) is 1. The van der Waals surface area contributed by atoms with Gasteiger partial charge in [0.2, 0.25) is 5.91 Å². The average Bonchev–Trinajstić information content (AvgIpc) is 2.98. The van der Waals surface area contributed by atoms with Crippen LogP contribution < -0.4 is 5.32 Å². The van der Waals surface area contributed by atoms with Gasteiger partial charge in [0, 0.05) is 12.5 Å². The van der Waals surface area contributed by atoms with Gasteiger partial charge in [-0.05, 0) is 42.2 Å². The first-order valence-corrected chi connectivity index (χ1v) is 7.80. The van der Waals surface area contributed by atoms with Crippen LogP contribution in [0.4, 0.5) is 5.82 Å². The number of aromatic amines is 1. The summed E-state index contributed by atoms with van der Waals surface area (Å²) in [4.78, 5) is 29.4. The Morgan fingerprint density at radius 1 is 1.38 bits per heavy atom. The van der Waals surface area contributed by atoms with Crippen molar-refractivity contribution in [1.29, 1.82) is 0 Å². The van der Waals surface area contributed by atoms with E-state index in [2.05, 4.69) is 28.3 Å². The predicted octanol–water partition coefficient (Wildman–Crippen LogP) is 4.00. The molecule has 2 aromatic rings. The standard InChI is InChI=1S/C19H21N3O2/c1-4-5-15(16-7-6-13(2)17(10-16)12-23)8-9-18-20-11-19(22-18)21-14(3)24/h5-12H,4H2,1-3H3,(H,20,22)(H,21,24)/b9-8-,15-5-. The number of rotatable bonds is 6. The molecule has 0 unspecified atom stereocenters. The summed E-state index contributed by atoms with van der Waals surface area (Å²) in [7, 11) is 0. The lowest BCUT2D eigenvalue weighted by Crippen LogP contribution is -2.05. The monoisotopic (exact) mass is 323 g/mol. The van der Waals surface area contributed by atoms with E-state index in [0.29, 0.717) is 17.2 Å². The number of carbonyl (C=O) groups excluding carboxylic acids is 2. The number of hydrogen-bond acceptors (Lipinski definition) is 3. The van der Waals surface area contributed by atoms with E-state index < -0.39 is 0 Å². The molecule has 1 aromatic heterocycles. The number of anilines is 1. The number of allylic oxidation sites excluding steroid dienone is 3. The van der Waals surface area contributed by atoms with Gasteiger partial charge in [0.25, 0.3) is 0 Å². The van der Waals surface area contributed by atoms with Crippen molar-refractivity contribution in [3.05, 3.63) is 59.1 Å². The van der Waals surface area contributed by atoms with Gasteiger partial charge in [-0.15, -0.1) is 0 Å². The summed E-state index contributed by atoms with van der Waals surface area (Å²) < 4.78 is 0. The molecule has 0 aliphatic carbocycles. The maximum atomic E-state index is 11.1. The molecule has 0 saturated heterocycles. The Balaban J connectivity index is 2.25. The van der Waals surface area contributed by atoms with Gasteiger partial charge in [0.05, 0.1) is 6.20 Å². The molecule has 5 heteroatoms. The second-order valence-electron chi connectivity index (χ2n) is 5.45. The van der Waals surface area contributed by atoms with Crippen molar-refractivity contribution in [1.82, 2.24) is 9.97 Å². The highest BCUT2D eigenvalue weighted by Gasteiger charge is 2.04. The second kappa shape index (κ2) is 8.06. The number of benzene rings is 1. The zero-order valence-corrected chi connectivity index (χ0v) is 14.1. The third-order valence-corrected chi connectivity index (χ3v) is 3.49. The molecule has 2 rings (SSSR count). The van der Waals surface area contributed by atoms with Crippen LogP contribution in [0, 0.1) is 6.92 Å². The highest BCUT2D eigenvalue weighted by Crippen LogP contribution is 2.21. The van der Waals surface area contributed by atoms with Crippen molar-refractivity contribution in [2.24, 2.45) is 0 Å². The molecule has 2 N–H and O–H groups in total. The van der Waals surface area contributed by atoms with Crippen LogP contribution >= 0.6 is 0 Å². The van der Waals surface area contributed by atoms with Crippen LogP contribution in [0.25, 0.3) is 11.6 Å². The zero-order valence-electron chi connectivity index (χ0n) is 14.1. The summed E-state index contributed by atoms with van der Waals surface area (Å²) in [5.41, 5.74) is 3.64. The minimum Gasteiger partial charge on any atom is -0.325 e. The van der Waals surface area contributed by atoms with Crippen molar-refractivity contribution < 1.29 is 9.59 Å². The minimum atomic E-state index is -0.151. The number of nitrogens with one attached hydrogen (secondary N) is 2. The third-order valence-electron chi connectivity index (χ3n) is 3.49. The average molecular weight is 323 g/mol. The summed E-state index contributed by atoms with van der Waals surface area (Å²) in [6, 6.07) is 5.83. The fraction of sp³-hybridized carbons (Fsp3) is 0.211.